The number of aromatic nitrogens is 4. The van der Waals surface area contributed by atoms with E-state index in [0.29, 0.717) is 55.0 Å². The first-order valence-corrected chi connectivity index (χ1v) is 13.1. The SMILES string of the molecule is CCOC(=O)c1cnc(N(C)Cc2cc3nc(-c4ccc(N)c(CO)c4)nc(N4CCOCC4)c3s2)nc1. The number of fused-ring (bicyclic) bond motifs is 1. The summed E-state index contributed by atoms with van der Waals surface area (Å²) in [6, 6.07) is 7.53. The maximum absolute atomic E-state index is 11.9. The number of ether oxygens (including phenoxy) is 2. The first-order valence-electron chi connectivity index (χ1n) is 12.3. The summed E-state index contributed by atoms with van der Waals surface area (Å²) < 4.78 is 11.6. The highest BCUT2D eigenvalue weighted by molar-refractivity contribution is 7.19. The zero-order valence-corrected chi connectivity index (χ0v) is 22.1. The van der Waals surface area contributed by atoms with Crippen LogP contribution in [0.25, 0.3) is 21.6 Å². The third-order valence-electron chi connectivity index (χ3n) is 6.17. The highest BCUT2D eigenvalue weighted by atomic mass is 32.1. The molecule has 0 saturated carbocycles. The van der Waals surface area contributed by atoms with Crippen LogP contribution in [0.4, 0.5) is 17.5 Å². The number of hydrogen-bond donors (Lipinski definition) is 2. The molecule has 1 saturated heterocycles. The molecule has 0 amide bonds. The van der Waals surface area contributed by atoms with Crippen molar-refractivity contribution in [3.63, 3.8) is 0 Å². The molecule has 4 aromatic rings. The monoisotopic (exact) mass is 535 g/mol. The van der Waals surface area contributed by atoms with E-state index in [1.807, 2.05) is 24.1 Å². The molecule has 0 spiro atoms. The van der Waals surface area contributed by atoms with Crippen molar-refractivity contribution < 1.29 is 19.4 Å². The van der Waals surface area contributed by atoms with Crippen LogP contribution in [0, 0.1) is 0 Å². The summed E-state index contributed by atoms with van der Waals surface area (Å²) in [7, 11) is 1.90. The standard InChI is InChI=1S/C26H29N7O4S/c1-3-37-25(35)18-12-28-26(29-13-18)32(2)14-19-11-21-22(38-19)24(33-6-8-36-9-7-33)31-23(30-21)16-4-5-20(27)17(10-16)15-34/h4-5,10-13,34H,3,6-9,14-15,27H2,1-2H3. The van der Waals surface area contributed by atoms with Gasteiger partial charge in [0.2, 0.25) is 5.95 Å². The van der Waals surface area contributed by atoms with E-state index in [2.05, 4.69) is 20.9 Å². The zero-order valence-electron chi connectivity index (χ0n) is 21.3. The number of nitrogen functional groups attached to an aromatic ring is 1. The van der Waals surface area contributed by atoms with Gasteiger partial charge in [0.15, 0.2) is 11.6 Å². The van der Waals surface area contributed by atoms with E-state index in [4.69, 9.17) is 25.2 Å². The van der Waals surface area contributed by atoms with Crippen molar-refractivity contribution in [3.05, 3.63) is 52.7 Å². The zero-order chi connectivity index (χ0) is 26.6. The highest BCUT2D eigenvalue weighted by Gasteiger charge is 2.21. The number of morpholine rings is 1. The number of benzene rings is 1. The lowest BCUT2D eigenvalue weighted by molar-refractivity contribution is 0.0525. The third kappa shape index (κ3) is 5.37. The summed E-state index contributed by atoms with van der Waals surface area (Å²) >= 11 is 1.63. The Bertz CT molecular complexity index is 1440. The average Bonchev–Trinajstić information content (AvgIpc) is 3.35. The summed E-state index contributed by atoms with van der Waals surface area (Å²) in [4.78, 5) is 35.6. The Morgan fingerprint density at radius 2 is 1.97 bits per heavy atom. The van der Waals surface area contributed by atoms with Gasteiger partial charge >= 0.3 is 5.97 Å². The van der Waals surface area contributed by atoms with Gasteiger partial charge in [0.1, 0.15) is 0 Å². The van der Waals surface area contributed by atoms with Crippen LogP contribution >= 0.6 is 11.3 Å². The quantitative estimate of drug-likeness (QED) is 0.254. The minimum Gasteiger partial charge on any atom is -0.462 e. The van der Waals surface area contributed by atoms with Gasteiger partial charge in [-0.15, -0.1) is 11.3 Å². The first kappa shape index (κ1) is 25.8. The molecule has 0 atom stereocenters. The number of aliphatic hydroxyl groups excluding tert-OH is 1. The lowest BCUT2D eigenvalue weighted by Gasteiger charge is -2.28. The van der Waals surface area contributed by atoms with E-state index in [9.17, 15) is 9.90 Å². The fraction of sp³-hybridized carbons (Fsp3) is 0.346. The molecule has 1 aliphatic heterocycles. The summed E-state index contributed by atoms with van der Waals surface area (Å²) in [5.41, 5.74) is 9.11. The summed E-state index contributed by atoms with van der Waals surface area (Å²) in [5, 5.41) is 9.69. The van der Waals surface area contributed by atoms with Crippen LogP contribution in [0.2, 0.25) is 0 Å². The summed E-state index contributed by atoms with van der Waals surface area (Å²) in [6.07, 6.45) is 2.95. The molecule has 3 N–H and O–H groups in total. The Morgan fingerprint density at radius 1 is 1.21 bits per heavy atom. The summed E-state index contributed by atoms with van der Waals surface area (Å²) in [6.45, 7) is 5.20. The second-order valence-corrected chi connectivity index (χ2v) is 9.95. The van der Waals surface area contributed by atoms with Gasteiger partial charge in [0.05, 0.1) is 48.8 Å². The van der Waals surface area contributed by atoms with Crippen LogP contribution in [0.15, 0.2) is 36.7 Å². The van der Waals surface area contributed by atoms with E-state index in [1.165, 1.54) is 12.4 Å². The van der Waals surface area contributed by atoms with Gasteiger partial charge in [-0.2, -0.15) is 0 Å². The number of anilines is 3. The molecule has 38 heavy (non-hydrogen) atoms. The third-order valence-corrected chi connectivity index (χ3v) is 7.28. The number of carbonyl (C=O) groups excluding carboxylic acids is 1. The van der Waals surface area contributed by atoms with Gasteiger partial charge in [0, 0.05) is 54.2 Å². The molecular formula is C26H29N7O4S. The predicted molar refractivity (Wildman–Crippen MR) is 146 cm³/mol. The molecular weight excluding hydrogens is 506 g/mol. The van der Waals surface area contributed by atoms with Crippen LogP contribution in [-0.4, -0.2) is 71.0 Å². The van der Waals surface area contributed by atoms with Gasteiger partial charge in [-0.3, -0.25) is 0 Å². The molecule has 198 valence electrons. The number of nitrogens with two attached hydrogens (primary N) is 1. The topological polar surface area (TPSA) is 140 Å². The van der Waals surface area contributed by atoms with Crippen LogP contribution in [0.5, 0.6) is 0 Å². The van der Waals surface area contributed by atoms with Crippen molar-refractivity contribution in [2.75, 3.05) is 55.5 Å². The fourth-order valence-electron chi connectivity index (χ4n) is 4.19. The summed E-state index contributed by atoms with van der Waals surface area (Å²) in [5.74, 6) is 1.49. The van der Waals surface area contributed by atoms with Crippen LogP contribution in [-0.2, 0) is 22.6 Å². The van der Waals surface area contributed by atoms with E-state index in [0.717, 1.165) is 39.6 Å². The first-order chi connectivity index (χ1) is 18.5. The van der Waals surface area contributed by atoms with Crippen LogP contribution in [0.1, 0.15) is 27.7 Å². The van der Waals surface area contributed by atoms with Crippen molar-refractivity contribution in [2.24, 2.45) is 0 Å². The van der Waals surface area contributed by atoms with E-state index in [1.54, 1.807) is 24.3 Å². The molecule has 12 heteroatoms. The predicted octanol–water partition coefficient (Wildman–Crippen LogP) is 2.87. The van der Waals surface area contributed by atoms with E-state index in [-0.39, 0.29) is 6.61 Å². The second kappa shape index (κ2) is 11.3. The maximum Gasteiger partial charge on any atom is 0.341 e. The number of esters is 1. The van der Waals surface area contributed by atoms with Crippen molar-refractivity contribution >= 4 is 45.0 Å². The molecule has 1 fully saturated rings. The number of rotatable bonds is 8. The second-order valence-electron chi connectivity index (χ2n) is 8.82. The molecule has 1 aromatic carbocycles. The van der Waals surface area contributed by atoms with Crippen molar-refractivity contribution in [1.82, 2.24) is 19.9 Å². The molecule has 0 aliphatic carbocycles. The van der Waals surface area contributed by atoms with Gasteiger partial charge in [-0.1, -0.05) is 0 Å². The van der Waals surface area contributed by atoms with Gasteiger partial charge in [0.25, 0.3) is 0 Å². The van der Waals surface area contributed by atoms with Gasteiger partial charge in [-0.05, 0) is 31.2 Å². The molecule has 4 heterocycles. The number of carbonyl (C=O) groups is 1. The fourth-order valence-corrected chi connectivity index (χ4v) is 5.35. The average molecular weight is 536 g/mol. The molecule has 11 nitrogen and oxygen atoms in total. The van der Waals surface area contributed by atoms with Gasteiger partial charge in [-0.25, -0.2) is 24.7 Å². The normalized spacial score (nSPS) is 13.6. The largest absolute Gasteiger partial charge is 0.462 e. The minimum atomic E-state index is -0.441. The lowest BCUT2D eigenvalue weighted by atomic mass is 10.1. The van der Waals surface area contributed by atoms with E-state index >= 15 is 0 Å². The molecule has 1 aliphatic rings. The molecule has 0 unspecified atom stereocenters. The minimum absolute atomic E-state index is 0.157. The van der Waals surface area contributed by atoms with Gasteiger partial charge < -0.3 is 30.1 Å². The van der Waals surface area contributed by atoms with Crippen molar-refractivity contribution in [2.45, 2.75) is 20.1 Å². The molecule has 0 radical (unpaired) electrons. The Morgan fingerprint density at radius 3 is 2.68 bits per heavy atom. The Kier molecular flexibility index (Phi) is 7.63. The van der Waals surface area contributed by atoms with Crippen LogP contribution in [0.3, 0.4) is 0 Å². The maximum atomic E-state index is 11.9. The number of nitrogens with zero attached hydrogens (tertiary/aromatic N) is 6. The van der Waals surface area contributed by atoms with Crippen molar-refractivity contribution in [3.8, 4) is 11.4 Å². The Labute approximate surface area is 223 Å². The number of hydrogen-bond acceptors (Lipinski definition) is 12. The van der Waals surface area contributed by atoms with Crippen LogP contribution < -0.4 is 15.5 Å². The Balaban J connectivity index is 1.47. The number of aliphatic hydroxyl groups is 1. The number of thiophene rings is 1. The molecule has 5 rings (SSSR count). The Hall–Kier alpha value is -3.87. The highest BCUT2D eigenvalue weighted by Crippen LogP contribution is 2.35. The van der Waals surface area contributed by atoms with E-state index < -0.39 is 5.97 Å². The smallest absolute Gasteiger partial charge is 0.341 e. The van der Waals surface area contributed by atoms with Crippen molar-refractivity contribution in [1.29, 1.82) is 0 Å². The molecule has 0 bridgehead atoms. The lowest BCUT2D eigenvalue weighted by Crippen LogP contribution is -2.36. The molecule has 3 aromatic heterocycles.